The number of nitrogens with zero attached hydrogens (tertiary/aromatic N) is 2. The molecule has 2 atom stereocenters. The van der Waals surface area contributed by atoms with Gasteiger partial charge in [0.1, 0.15) is 0 Å². The summed E-state index contributed by atoms with van der Waals surface area (Å²) in [6.45, 7) is 14.0. The largest absolute Gasteiger partial charge is 0.296 e. The van der Waals surface area contributed by atoms with E-state index in [2.05, 4.69) is 71.0 Å². The Kier molecular flexibility index (Phi) is 7.19. The highest BCUT2D eigenvalue weighted by Gasteiger charge is 2.43. The summed E-state index contributed by atoms with van der Waals surface area (Å²) < 4.78 is 0. The van der Waals surface area contributed by atoms with E-state index in [0.717, 1.165) is 12.8 Å². The fourth-order valence-corrected chi connectivity index (χ4v) is 4.39. The molecular weight excluding hydrogens is 328 g/mol. The lowest BCUT2D eigenvalue weighted by molar-refractivity contribution is 0.207. The monoisotopic (exact) mass is 366 g/mol. The first-order chi connectivity index (χ1) is 12.7. The van der Waals surface area contributed by atoms with Gasteiger partial charge in [-0.1, -0.05) is 58.8 Å². The summed E-state index contributed by atoms with van der Waals surface area (Å²) in [6.07, 6.45) is 12.3. The molecule has 2 nitrogen and oxygen atoms in total. The molecule has 1 heterocycles. The number of pyridine rings is 1. The third kappa shape index (κ3) is 5.18. The molecule has 148 valence electrons. The predicted molar refractivity (Wildman–Crippen MR) is 118 cm³/mol. The minimum Gasteiger partial charge on any atom is -0.296 e. The van der Waals surface area contributed by atoms with E-state index < -0.39 is 0 Å². The fourth-order valence-electron chi connectivity index (χ4n) is 4.39. The lowest BCUT2D eigenvalue weighted by Gasteiger charge is -2.45. The molecule has 27 heavy (non-hydrogen) atoms. The van der Waals surface area contributed by atoms with Crippen molar-refractivity contribution in [3.05, 3.63) is 52.9 Å². The lowest BCUT2D eigenvalue weighted by Crippen LogP contribution is -2.34. The topological polar surface area (TPSA) is 25.2 Å². The van der Waals surface area contributed by atoms with E-state index in [4.69, 9.17) is 4.98 Å². The molecule has 0 spiro atoms. The van der Waals surface area contributed by atoms with Crippen molar-refractivity contribution in [2.45, 2.75) is 79.6 Å². The summed E-state index contributed by atoms with van der Waals surface area (Å²) >= 11 is 0. The van der Waals surface area contributed by atoms with Gasteiger partial charge in [-0.15, -0.1) is 0 Å². The van der Waals surface area contributed by atoms with Gasteiger partial charge in [0, 0.05) is 36.5 Å². The maximum atomic E-state index is 4.75. The highest BCUT2D eigenvalue weighted by molar-refractivity contribution is 5.81. The molecule has 0 saturated heterocycles. The van der Waals surface area contributed by atoms with Crippen molar-refractivity contribution < 1.29 is 0 Å². The third-order valence-electron chi connectivity index (χ3n) is 6.13. The minimum absolute atomic E-state index is 0.119. The van der Waals surface area contributed by atoms with Crippen LogP contribution in [0.2, 0.25) is 0 Å². The molecule has 2 rings (SSSR count). The summed E-state index contributed by atoms with van der Waals surface area (Å²) in [5.74, 6) is 0.382. The molecule has 0 amide bonds. The molecular formula is C25H38N2. The van der Waals surface area contributed by atoms with Gasteiger partial charge in [0.2, 0.25) is 0 Å². The summed E-state index contributed by atoms with van der Waals surface area (Å²) in [7, 11) is 1.88. The van der Waals surface area contributed by atoms with Gasteiger partial charge in [-0.3, -0.25) is 9.98 Å². The Morgan fingerprint density at radius 3 is 2.59 bits per heavy atom. The van der Waals surface area contributed by atoms with Crippen molar-refractivity contribution in [3.8, 4) is 0 Å². The van der Waals surface area contributed by atoms with Crippen LogP contribution in [0.5, 0.6) is 0 Å². The fraction of sp³-hybridized carbons (Fsp3) is 0.600. The van der Waals surface area contributed by atoms with Crippen LogP contribution in [0.4, 0.5) is 0 Å². The average Bonchev–Trinajstić information content (AvgIpc) is 2.63. The maximum absolute atomic E-state index is 4.75. The van der Waals surface area contributed by atoms with Crippen LogP contribution in [-0.4, -0.2) is 18.2 Å². The number of aliphatic imine (C=N–C) groups is 1. The zero-order chi connectivity index (χ0) is 20.1. The number of hydrogen-bond acceptors (Lipinski definition) is 2. The number of rotatable bonds is 7. The van der Waals surface area contributed by atoms with Crippen molar-refractivity contribution in [2.24, 2.45) is 15.8 Å². The number of allylic oxidation sites excluding steroid dienone is 4. The van der Waals surface area contributed by atoms with Crippen LogP contribution in [-0.2, 0) is 0 Å². The second-order valence-corrected chi connectivity index (χ2v) is 9.38. The van der Waals surface area contributed by atoms with Gasteiger partial charge in [-0.25, -0.2) is 0 Å². The van der Waals surface area contributed by atoms with Crippen molar-refractivity contribution >= 4 is 6.21 Å². The van der Waals surface area contributed by atoms with Crippen LogP contribution in [0.3, 0.4) is 0 Å². The van der Waals surface area contributed by atoms with Gasteiger partial charge in [-0.2, -0.15) is 0 Å². The average molecular weight is 367 g/mol. The molecule has 2 heteroatoms. The standard InChI is InChI=1S/C25H38N2/c1-8-11-22-16-19(2)21(18-26-7)17-25(22,14-13-24(4,5)6)20(3)23-12-9-10-15-27-23/h9-10,12,15-16,18,20H,8,11,13-14,17H2,1-7H3. The Hall–Kier alpha value is -1.70. The Morgan fingerprint density at radius 2 is 2.04 bits per heavy atom. The van der Waals surface area contributed by atoms with Gasteiger partial charge in [0.05, 0.1) is 0 Å². The van der Waals surface area contributed by atoms with E-state index >= 15 is 0 Å². The van der Waals surface area contributed by atoms with Crippen LogP contribution in [0, 0.1) is 10.8 Å². The highest BCUT2D eigenvalue weighted by atomic mass is 14.7. The molecule has 0 saturated carbocycles. The van der Waals surface area contributed by atoms with Gasteiger partial charge < -0.3 is 0 Å². The molecule has 0 aromatic carbocycles. The van der Waals surface area contributed by atoms with Crippen molar-refractivity contribution in [2.75, 3.05) is 7.05 Å². The Labute approximate surface area is 166 Å². The first-order valence-corrected chi connectivity index (χ1v) is 10.5. The molecule has 1 aliphatic carbocycles. The first kappa shape index (κ1) is 21.6. The minimum atomic E-state index is 0.119. The van der Waals surface area contributed by atoms with Crippen LogP contribution in [0.15, 0.2) is 52.2 Å². The van der Waals surface area contributed by atoms with Gasteiger partial charge in [-0.05, 0) is 61.3 Å². The molecule has 1 aromatic heterocycles. The molecule has 1 aliphatic rings. The smallest absolute Gasteiger partial charge is 0.0440 e. The van der Waals surface area contributed by atoms with E-state index in [-0.39, 0.29) is 5.41 Å². The number of aromatic nitrogens is 1. The molecule has 0 fully saturated rings. The predicted octanol–water partition coefficient (Wildman–Crippen LogP) is 7.15. The normalized spacial score (nSPS) is 22.3. The Balaban J connectivity index is 2.57. The van der Waals surface area contributed by atoms with E-state index in [1.54, 1.807) is 5.57 Å². The van der Waals surface area contributed by atoms with Crippen LogP contribution >= 0.6 is 0 Å². The molecule has 0 N–H and O–H groups in total. The van der Waals surface area contributed by atoms with E-state index in [1.807, 2.05) is 19.3 Å². The molecule has 2 unspecified atom stereocenters. The van der Waals surface area contributed by atoms with Gasteiger partial charge in [0.25, 0.3) is 0 Å². The van der Waals surface area contributed by atoms with Crippen LogP contribution < -0.4 is 0 Å². The van der Waals surface area contributed by atoms with Gasteiger partial charge in [0.15, 0.2) is 0 Å². The Bertz CT molecular complexity index is 704. The molecule has 0 radical (unpaired) electrons. The lowest BCUT2D eigenvalue weighted by atomic mass is 9.58. The first-order valence-electron chi connectivity index (χ1n) is 10.5. The van der Waals surface area contributed by atoms with Crippen LogP contribution in [0.25, 0.3) is 0 Å². The molecule has 1 aromatic rings. The SMILES string of the molecule is CCCC1=CC(C)=C(C=NC)CC1(CCC(C)(C)C)C(C)c1ccccn1. The Morgan fingerprint density at radius 1 is 1.30 bits per heavy atom. The maximum Gasteiger partial charge on any atom is 0.0440 e. The summed E-state index contributed by atoms with van der Waals surface area (Å²) in [6, 6.07) is 6.34. The van der Waals surface area contributed by atoms with Gasteiger partial charge >= 0.3 is 0 Å². The van der Waals surface area contributed by atoms with Crippen molar-refractivity contribution in [3.63, 3.8) is 0 Å². The van der Waals surface area contributed by atoms with E-state index in [0.29, 0.717) is 11.3 Å². The van der Waals surface area contributed by atoms with Crippen LogP contribution in [0.1, 0.15) is 85.3 Å². The van der Waals surface area contributed by atoms with Crippen molar-refractivity contribution in [1.82, 2.24) is 4.98 Å². The molecule has 0 bridgehead atoms. The quantitative estimate of drug-likeness (QED) is 0.470. The molecule has 0 aliphatic heterocycles. The summed E-state index contributed by atoms with van der Waals surface area (Å²) in [5, 5.41) is 0. The summed E-state index contributed by atoms with van der Waals surface area (Å²) in [5.41, 5.74) is 6.02. The zero-order valence-electron chi connectivity index (χ0n) is 18.5. The second kappa shape index (κ2) is 8.99. The van der Waals surface area contributed by atoms with Crippen molar-refractivity contribution in [1.29, 1.82) is 0 Å². The van der Waals surface area contributed by atoms with E-state index in [9.17, 15) is 0 Å². The zero-order valence-corrected chi connectivity index (χ0v) is 18.5. The van der Waals surface area contributed by atoms with E-state index in [1.165, 1.54) is 36.1 Å². The summed E-state index contributed by atoms with van der Waals surface area (Å²) in [4.78, 5) is 9.11. The number of hydrogen-bond donors (Lipinski definition) is 0. The third-order valence-corrected chi connectivity index (χ3v) is 6.13. The highest BCUT2D eigenvalue weighted by Crippen LogP contribution is 2.54. The second-order valence-electron chi connectivity index (χ2n) is 9.38.